The molecular weight excluding hydrogens is 178 g/mol. The first-order valence-electron chi connectivity index (χ1n) is 4.43. The van der Waals surface area contributed by atoms with Crippen LogP contribution in [0.4, 0.5) is 0 Å². The van der Waals surface area contributed by atoms with Gasteiger partial charge in [0.05, 0.1) is 6.42 Å². The molecule has 1 N–H and O–H groups in total. The lowest BCUT2D eigenvalue weighted by molar-refractivity contribution is -0.136. The van der Waals surface area contributed by atoms with Crippen molar-refractivity contribution in [1.29, 1.82) is 0 Å². The van der Waals surface area contributed by atoms with Crippen LogP contribution in [0.1, 0.15) is 5.56 Å². The Labute approximate surface area is 81.6 Å². The Morgan fingerprint density at radius 2 is 2.21 bits per heavy atom. The number of rotatable bonds is 2. The quantitative estimate of drug-likeness (QED) is 0.782. The number of benzene rings is 1. The summed E-state index contributed by atoms with van der Waals surface area (Å²) < 4.78 is 1.99. The molecule has 0 atom stereocenters. The maximum absolute atomic E-state index is 10.6. The third-order valence-corrected chi connectivity index (χ3v) is 2.36. The summed E-state index contributed by atoms with van der Waals surface area (Å²) >= 11 is 0. The lowest BCUT2D eigenvalue weighted by atomic mass is 10.1. The van der Waals surface area contributed by atoms with Gasteiger partial charge in [-0.1, -0.05) is 12.1 Å². The van der Waals surface area contributed by atoms with E-state index in [0.717, 1.165) is 16.5 Å². The first-order chi connectivity index (χ1) is 6.68. The molecule has 2 aromatic rings. The van der Waals surface area contributed by atoms with Gasteiger partial charge < -0.3 is 9.67 Å². The van der Waals surface area contributed by atoms with Crippen LogP contribution in [-0.4, -0.2) is 15.6 Å². The number of nitrogens with zero attached hydrogens (tertiary/aromatic N) is 1. The van der Waals surface area contributed by atoms with Crippen LogP contribution in [-0.2, 0) is 18.3 Å². The summed E-state index contributed by atoms with van der Waals surface area (Å²) in [7, 11) is 1.95. The van der Waals surface area contributed by atoms with Crippen LogP contribution in [0, 0.1) is 0 Å². The monoisotopic (exact) mass is 189 g/mol. The average molecular weight is 189 g/mol. The van der Waals surface area contributed by atoms with Crippen LogP contribution >= 0.6 is 0 Å². The number of carbonyl (C=O) groups is 1. The SMILES string of the molecule is Cn1ccc2c(CC(=O)O)cccc21. The van der Waals surface area contributed by atoms with E-state index in [9.17, 15) is 4.79 Å². The highest BCUT2D eigenvalue weighted by molar-refractivity contribution is 5.87. The van der Waals surface area contributed by atoms with E-state index in [1.165, 1.54) is 0 Å². The zero-order valence-corrected chi connectivity index (χ0v) is 7.90. The smallest absolute Gasteiger partial charge is 0.307 e. The van der Waals surface area contributed by atoms with Gasteiger partial charge in [-0.25, -0.2) is 0 Å². The van der Waals surface area contributed by atoms with Gasteiger partial charge in [-0.05, 0) is 17.7 Å². The van der Waals surface area contributed by atoms with E-state index in [4.69, 9.17) is 5.11 Å². The summed E-state index contributed by atoms with van der Waals surface area (Å²) in [4.78, 5) is 10.6. The molecule has 1 aromatic carbocycles. The Morgan fingerprint density at radius 1 is 1.43 bits per heavy atom. The summed E-state index contributed by atoms with van der Waals surface area (Å²) in [6.07, 6.45) is 2.03. The second-order valence-corrected chi connectivity index (χ2v) is 3.35. The number of hydrogen-bond acceptors (Lipinski definition) is 1. The van der Waals surface area contributed by atoms with Crippen molar-refractivity contribution in [2.45, 2.75) is 6.42 Å². The van der Waals surface area contributed by atoms with Crippen molar-refractivity contribution in [3.05, 3.63) is 36.0 Å². The maximum atomic E-state index is 10.6. The predicted molar refractivity (Wildman–Crippen MR) is 54.3 cm³/mol. The number of carboxylic acid groups (broad SMARTS) is 1. The molecule has 0 fully saturated rings. The molecule has 0 amide bonds. The molecule has 3 heteroatoms. The summed E-state index contributed by atoms with van der Waals surface area (Å²) in [6.45, 7) is 0. The third-order valence-electron chi connectivity index (χ3n) is 2.36. The van der Waals surface area contributed by atoms with Crippen molar-refractivity contribution < 1.29 is 9.90 Å². The van der Waals surface area contributed by atoms with Gasteiger partial charge in [0.25, 0.3) is 0 Å². The van der Waals surface area contributed by atoms with E-state index in [0.29, 0.717) is 0 Å². The Bertz CT molecular complexity index is 485. The highest BCUT2D eigenvalue weighted by atomic mass is 16.4. The standard InChI is InChI=1S/C11H11NO2/c1-12-6-5-9-8(7-11(13)14)3-2-4-10(9)12/h2-6H,7H2,1H3,(H,13,14). The maximum Gasteiger partial charge on any atom is 0.307 e. The van der Waals surface area contributed by atoms with E-state index < -0.39 is 5.97 Å². The first kappa shape index (κ1) is 8.81. The van der Waals surface area contributed by atoms with Gasteiger partial charge in [0.2, 0.25) is 0 Å². The van der Waals surface area contributed by atoms with Crippen molar-refractivity contribution in [2.75, 3.05) is 0 Å². The summed E-state index contributed by atoms with van der Waals surface area (Å²) in [6, 6.07) is 7.69. The number of carboxylic acids is 1. The minimum Gasteiger partial charge on any atom is -0.481 e. The van der Waals surface area contributed by atoms with Crippen LogP contribution in [0.15, 0.2) is 30.5 Å². The zero-order chi connectivity index (χ0) is 10.1. The number of aromatic nitrogens is 1. The van der Waals surface area contributed by atoms with Crippen LogP contribution < -0.4 is 0 Å². The van der Waals surface area contributed by atoms with Crippen LogP contribution in [0.25, 0.3) is 10.9 Å². The van der Waals surface area contributed by atoms with Crippen LogP contribution in [0.2, 0.25) is 0 Å². The average Bonchev–Trinajstić information content (AvgIpc) is 2.49. The summed E-state index contributed by atoms with van der Waals surface area (Å²) in [5.74, 6) is -0.790. The van der Waals surface area contributed by atoms with Gasteiger partial charge in [0.15, 0.2) is 0 Å². The predicted octanol–water partition coefficient (Wildman–Crippen LogP) is 1.81. The molecular formula is C11H11NO2. The lowest BCUT2D eigenvalue weighted by Gasteiger charge is -2.00. The van der Waals surface area contributed by atoms with Crippen molar-refractivity contribution >= 4 is 16.9 Å². The number of fused-ring (bicyclic) bond motifs is 1. The molecule has 1 heterocycles. The molecule has 0 saturated carbocycles. The van der Waals surface area contributed by atoms with Crippen molar-refractivity contribution in [3.8, 4) is 0 Å². The normalized spacial score (nSPS) is 10.6. The molecule has 0 radical (unpaired) electrons. The molecule has 0 aliphatic heterocycles. The van der Waals surface area contributed by atoms with Gasteiger partial charge in [-0.15, -0.1) is 0 Å². The summed E-state index contributed by atoms with van der Waals surface area (Å²) in [5.41, 5.74) is 1.94. The van der Waals surface area contributed by atoms with E-state index in [1.54, 1.807) is 0 Å². The molecule has 14 heavy (non-hydrogen) atoms. The molecule has 0 aliphatic rings. The number of hydrogen-bond donors (Lipinski definition) is 1. The Kier molecular flexibility index (Phi) is 2.00. The topological polar surface area (TPSA) is 42.2 Å². The van der Waals surface area contributed by atoms with Crippen molar-refractivity contribution in [1.82, 2.24) is 4.57 Å². The van der Waals surface area contributed by atoms with Gasteiger partial charge in [-0.3, -0.25) is 4.79 Å². The fourth-order valence-corrected chi connectivity index (χ4v) is 1.68. The highest BCUT2D eigenvalue weighted by Crippen LogP contribution is 2.19. The highest BCUT2D eigenvalue weighted by Gasteiger charge is 2.06. The largest absolute Gasteiger partial charge is 0.481 e. The summed E-state index contributed by atoms with van der Waals surface area (Å²) in [5, 5.41) is 9.75. The molecule has 3 nitrogen and oxygen atoms in total. The molecule has 0 spiro atoms. The molecule has 0 aliphatic carbocycles. The minimum absolute atomic E-state index is 0.0847. The fraction of sp³-hybridized carbons (Fsp3) is 0.182. The Balaban J connectivity index is 2.59. The third kappa shape index (κ3) is 1.37. The molecule has 72 valence electrons. The van der Waals surface area contributed by atoms with E-state index in [2.05, 4.69) is 0 Å². The second-order valence-electron chi connectivity index (χ2n) is 3.35. The van der Waals surface area contributed by atoms with E-state index >= 15 is 0 Å². The van der Waals surface area contributed by atoms with Crippen molar-refractivity contribution in [2.24, 2.45) is 7.05 Å². The van der Waals surface area contributed by atoms with Gasteiger partial charge >= 0.3 is 5.97 Å². The molecule has 2 rings (SSSR count). The van der Waals surface area contributed by atoms with Gasteiger partial charge in [0, 0.05) is 24.1 Å². The van der Waals surface area contributed by atoms with Gasteiger partial charge in [-0.2, -0.15) is 0 Å². The Hall–Kier alpha value is -1.77. The van der Waals surface area contributed by atoms with Crippen LogP contribution in [0.5, 0.6) is 0 Å². The molecule has 1 aromatic heterocycles. The fourth-order valence-electron chi connectivity index (χ4n) is 1.68. The molecule has 0 unspecified atom stereocenters. The van der Waals surface area contributed by atoms with Crippen LogP contribution in [0.3, 0.4) is 0 Å². The minimum atomic E-state index is -0.790. The molecule has 0 saturated heterocycles. The van der Waals surface area contributed by atoms with E-state index in [1.807, 2.05) is 42.1 Å². The van der Waals surface area contributed by atoms with E-state index in [-0.39, 0.29) is 6.42 Å². The number of aliphatic carboxylic acids is 1. The second kappa shape index (κ2) is 3.18. The van der Waals surface area contributed by atoms with Gasteiger partial charge in [0.1, 0.15) is 0 Å². The van der Waals surface area contributed by atoms with Crippen molar-refractivity contribution in [3.63, 3.8) is 0 Å². The molecule has 0 bridgehead atoms. The Morgan fingerprint density at radius 3 is 2.93 bits per heavy atom. The zero-order valence-electron chi connectivity index (χ0n) is 7.90. The number of aryl methyl sites for hydroxylation is 1. The first-order valence-corrected chi connectivity index (χ1v) is 4.43. The lowest BCUT2D eigenvalue weighted by Crippen LogP contribution is -2.00.